The highest BCUT2D eigenvalue weighted by molar-refractivity contribution is 6.01. The lowest BCUT2D eigenvalue weighted by Crippen LogP contribution is -2.35. The minimum Gasteiger partial charge on any atom is -0.493 e. The summed E-state index contributed by atoms with van der Waals surface area (Å²) < 4.78 is 15.7. The van der Waals surface area contributed by atoms with Crippen LogP contribution in [0.2, 0.25) is 0 Å². The van der Waals surface area contributed by atoms with E-state index in [0.29, 0.717) is 17.2 Å². The van der Waals surface area contributed by atoms with Gasteiger partial charge in [0.2, 0.25) is 5.75 Å². The number of nitrogens with zero attached hydrogens (tertiary/aromatic N) is 1. The number of hydrogen-bond acceptors (Lipinski definition) is 6. The first kappa shape index (κ1) is 21.7. The number of benzene rings is 2. The third-order valence-electron chi connectivity index (χ3n) is 4.66. The van der Waals surface area contributed by atoms with Gasteiger partial charge in [-0.15, -0.1) is 0 Å². The molecule has 3 N–H and O–H groups in total. The van der Waals surface area contributed by atoms with Gasteiger partial charge in [-0.25, -0.2) is 5.43 Å². The molecule has 0 radical (unpaired) electrons. The number of hydrogen-bond donors (Lipinski definition) is 3. The van der Waals surface area contributed by atoms with E-state index in [1.54, 1.807) is 6.21 Å². The summed E-state index contributed by atoms with van der Waals surface area (Å²) in [6.07, 6.45) is 1.58. The average Bonchev–Trinajstić information content (AvgIpc) is 3.11. The van der Waals surface area contributed by atoms with Crippen molar-refractivity contribution in [3.05, 3.63) is 53.2 Å². The van der Waals surface area contributed by atoms with Gasteiger partial charge in [0.25, 0.3) is 11.8 Å². The fourth-order valence-electron chi connectivity index (χ4n) is 3.15. The summed E-state index contributed by atoms with van der Waals surface area (Å²) in [6.45, 7) is 1.68. The Hall–Kier alpha value is -4.01. The number of rotatable bonds is 8. The van der Waals surface area contributed by atoms with Crippen LogP contribution < -0.4 is 25.0 Å². The molecule has 0 atom stereocenters. The molecule has 9 heteroatoms. The molecule has 2 amide bonds. The lowest BCUT2D eigenvalue weighted by atomic mass is 10.1. The molecule has 31 heavy (non-hydrogen) atoms. The number of carbonyl (C=O) groups excluding carboxylic acids is 2. The van der Waals surface area contributed by atoms with Crippen molar-refractivity contribution in [2.75, 3.05) is 27.9 Å². The molecule has 9 nitrogen and oxygen atoms in total. The Bertz CT molecular complexity index is 1110. The Morgan fingerprint density at radius 1 is 1.06 bits per heavy atom. The van der Waals surface area contributed by atoms with Crippen LogP contribution in [0.15, 0.2) is 41.5 Å². The first-order valence-corrected chi connectivity index (χ1v) is 9.46. The summed E-state index contributed by atoms with van der Waals surface area (Å²) in [7, 11) is 4.39. The normalized spacial score (nSPS) is 10.8. The minimum absolute atomic E-state index is 0.250. The highest BCUT2D eigenvalue weighted by atomic mass is 16.5. The van der Waals surface area contributed by atoms with E-state index in [9.17, 15) is 9.59 Å². The molecule has 1 heterocycles. The number of aromatic nitrogens is 1. The molecule has 0 aliphatic heterocycles. The lowest BCUT2D eigenvalue weighted by molar-refractivity contribution is -0.120. The number of carbonyl (C=O) groups is 2. The van der Waals surface area contributed by atoms with Crippen LogP contribution in [0.1, 0.15) is 21.6 Å². The minimum atomic E-state index is -0.467. The van der Waals surface area contributed by atoms with Gasteiger partial charge in [0.05, 0.1) is 34.1 Å². The molecule has 1 aromatic heterocycles. The van der Waals surface area contributed by atoms with Gasteiger partial charge in [-0.1, -0.05) is 18.2 Å². The Labute approximate surface area is 179 Å². The molecule has 0 aliphatic rings. The monoisotopic (exact) mass is 424 g/mol. The van der Waals surface area contributed by atoms with Crippen LogP contribution in [-0.2, 0) is 4.79 Å². The first-order valence-electron chi connectivity index (χ1n) is 9.46. The van der Waals surface area contributed by atoms with E-state index >= 15 is 0 Å². The molecule has 0 fully saturated rings. The van der Waals surface area contributed by atoms with Crippen molar-refractivity contribution < 1.29 is 23.8 Å². The topological polar surface area (TPSA) is 114 Å². The SMILES string of the molecule is COc1cc(C(=O)NCC(=O)NN=Cc2c(C)[nH]c3ccccc23)cc(OC)c1OC. The quantitative estimate of drug-likeness (QED) is 0.380. The number of aromatic amines is 1. The molecule has 0 bridgehead atoms. The third-order valence-corrected chi connectivity index (χ3v) is 4.66. The number of methoxy groups -OCH3 is 3. The van der Waals surface area contributed by atoms with Gasteiger partial charge in [-0.2, -0.15) is 5.10 Å². The maximum atomic E-state index is 12.5. The van der Waals surface area contributed by atoms with Crippen molar-refractivity contribution in [1.29, 1.82) is 0 Å². The van der Waals surface area contributed by atoms with E-state index < -0.39 is 11.8 Å². The zero-order valence-electron chi connectivity index (χ0n) is 17.7. The van der Waals surface area contributed by atoms with E-state index in [-0.39, 0.29) is 12.1 Å². The molecule has 0 aliphatic carbocycles. The van der Waals surface area contributed by atoms with Gasteiger partial charge in [0, 0.05) is 27.7 Å². The highest BCUT2D eigenvalue weighted by Crippen LogP contribution is 2.38. The van der Waals surface area contributed by atoms with E-state index in [1.165, 1.54) is 33.5 Å². The van der Waals surface area contributed by atoms with E-state index in [4.69, 9.17) is 14.2 Å². The Balaban J connectivity index is 1.61. The summed E-state index contributed by atoms with van der Waals surface area (Å²) in [5.41, 5.74) is 5.50. The number of aryl methyl sites for hydroxylation is 1. The Morgan fingerprint density at radius 2 is 1.74 bits per heavy atom. The maximum absolute atomic E-state index is 12.5. The molecule has 0 unspecified atom stereocenters. The third kappa shape index (κ3) is 4.77. The van der Waals surface area contributed by atoms with Crippen molar-refractivity contribution in [1.82, 2.24) is 15.7 Å². The van der Waals surface area contributed by atoms with Crippen LogP contribution >= 0.6 is 0 Å². The van der Waals surface area contributed by atoms with Crippen LogP contribution in [0.4, 0.5) is 0 Å². The van der Waals surface area contributed by atoms with Gasteiger partial charge in [-0.05, 0) is 25.1 Å². The summed E-state index contributed by atoms with van der Waals surface area (Å²) in [4.78, 5) is 27.8. The Morgan fingerprint density at radius 3 is 2.39 bits per heavy atom. The zero-order valence-corrected chi connectivity index (χ0v) is 17.7. The second-order valence-electron chi connectivity index (χ2n) is 6.60. The predicted octanol–water partition coefficient (Wildman–Crippen LogP) is 2.38. The molecule has 3 rings (SSSR count). The number of fused-ring (bicyclic) bond motifs is 1. The van der Waals surface area contributed by atoms with Gasteiger partial charge < -0.3 is 24.5 Å². The largest absolute Gasteiger partial charge is 0.493 e. The van der Waals surface area contributed by atoms with Crippen molar-refractivity contribution in [3.63, 3.8) is 0 Å². The zero-order chi connectivity index (χ0) is 22.4. The number of para-hydroxylation sites is 1. The summed E-state index contributed by atoms with van der Waals surface area (Å²) in [5.74, 6) is 0.131. The Kier molecular flexibility index (Phi) is 6.76. The highest BCUT2D eigenvalue weighted by Gasteiger charge is 2.17. The fourth-order valence-corrected chi connectivity index (χ4v) is 3.15. The summed E-state index contributed by atoms with van der Waals surface area (Å²) >= 11 is 0. The van der Waals surface area contributed by atoms with Crippen molar-refractivity contribution in [2.45, 2.75) is 6.92 Å². The molecular formula is C22H24N4O5. The number of hydrazone groups is 1. The summed E-state index contributed by atoms with van der Waals surface area (Å²) in [5, 5.41) is 7.55. The summed E-state index contributed by atoms with van der Waals surface area (Å²) in [6, 6.07) is 10.8. The second kappa shape index (κ2) is 9.66. The number of ether oxygens (including phenoxy) is 3. The van der Waals surface area contributed by atoms with Gasteiger partial charge in [0.1, 0.15) is 0 Å². The maximum Gasteiger partial charge on any atom is 0.259 e. The van der Waals surface area contributed by atoms with Crippen molar-refractivity contribution in [3.8, 4) is 17.2 Å². The molecule has 0 saturated heterocycles. The van der Waals surface area contributed by atoms with Gasteiger partial charge in [0.15, 0.2) is 11.5 Å². The van der Waals surface area contributed by atoms with Crippen LogP contribution in [0.3, 0.4) is 0 Å². The lowest BCUT2D eigenvalue weighted by Gasteiger charge is -2.14. The van der Waals surface area contributed by atoms with Crippen LogP contribution in [0.5, 0.6) is 17.2 Å². The molecule has 0 spiro atoms. The average molecular weight is 424 g/mol. The molecule has 3 aromatic rings. The molecular weight excluding hydrogens is 400 g/mol. The molecule has 0 saturated carbocycles. The van der Waals surface area contributed by atoms with Gasteiger partial charge >= 0.3 is 0 Å². The molecule has 2 aromatic carbocycles. The van der Waals surface area contributed by atoms with Gasteiger partial charge in [-0.3, -0.25) is 9.59 Å². The van der Waals surface area contributed by atoms with E-state index in [0.717, 1.165) is 22.2 Å². The van der Waals surface area contributed by atoms with Crippen molar-refractivity contribution >= 4 is 28.9 Å². The van der Waals surface area contributed by atoms with Crippen LogP contribution in [0.25, 0.3) is 10.9 Å². The van der Waals surface area contributed by atoms with E-state index in [1.807, 2.05) is 31.2 Å². The smallest absolute Gasteiger partial charge is 0.259 e. The second-order valence-corrected chi connectivity index (χ2v) is 6.60. The first-order chi connectivity index (χ1) is 15.0. The fraction of sp³-hybridized carbons (Fsp3) is 0.227. The molecule has 162 valence electrons. The number of amides is 2. The van der Waals surface area contributed by atoms with Crippen LogP contribution in [-0.4, -0.2) is 50.9 Å². The van der Waals surface area contributed by atoms with Crippen LogP contribution in [0, 0.1) is 6.92 Å². The number of nitrogens with one attached hydrogen (secondary N) is 3. The van der Waals surface area contributed by atoms with E-state index in [2.05, 4.69) is 20.8 Å². The standard InChI is InChI=1S/C22H24N4O5/c1-13-16(15-7-5-6-8-17(15)25-13)11-24-26-20(27)12-23-22(28)14-9-18(29-2)21(31-4)19(10-14)30-3/h5-11,25H,12H2,1-4H3,(H,23,28)(H,26,27). The van der Waals surface area contributed by atoms with Crippen molar-refractivity contribution in [2.24, 2.45) is 5.10 Å². The number of H-pyrrole nitrogens is 1. The predicted molar refractivity (Wildman–Crippen MR) is 117 cm³/mol.